The Bertz CT molecular complexity index is 707. The molecule has 0 saturated carbocycles. The Labute approximate surface area is 162 Å². The number of rotatable bonds is 8. The molecule has 1 aliphatic heterocycles. The van der Waals surface area contributed by atoms with Crippen molar-refractivity contribution in [2.75, 3.05) is 45.8 Å². The predicted molar refractivity (Wildman–Crippen MR) is 110 cm³/mol. The first kappa shape index (κ1) is 19.3. The summed E-state index contributed by atoms with van der Waals surface area (Å²) in [6.45, 7) is 6.78. The maximum Gasteiger partial charge on any atom is 0.275 e. The van der Waals surface area contributed by atoms with Crippen molar-refractivity contribution in [3.63, 3.8) is 0 Å². The summed E-state index contributed by atoms with van der Waals surface area (Å²) < 4.78 is 0. The van der Waals surface area contributed by atoms with Crippen molar-refractivity contribution in [2.45, 2.75) is 6.42 Å². The largest absolute Gasteiger partial charge is 0.351 e. The number of carbonyl (C=O) groups is 1. The molecule has 0 radical (unpaired) electrons. The maximum absolute atomic E-state index is 12.2. The first-order valence-corrected chi connectivity index (χ1v) is 9.99. The predicted octanol–water partition coefficient (Wildman–Crippen LogP) is -0.158. The minimum Gasteiger partial charge on any atom is -0.351 e. The van der Waals surface area contributed by atoms with Gasteiger partial charge in [-0.05, 0) is 23.6 Å². The SMILES string of the molecule is O=C(C[NH+]1CC[NH+](C/C=C/c2ccccc2)CC1)NCCc1ccccc1. The highest BCUT2D eigenvalue weighted by molar-refractivity contribution is 5.76. The number of carbonyl (C=O) groups excluding carboxylic acids is 1. The third-order valence-corrected chi connectivity index (χ3v) is 5.17. The van der Waals surface area contributed by atoms with E-state index in [1.54, 1.807) is 4.90 Å². The van der Waals surface area contributed by atoms with Crippen LogP contribution in [0.5, 0.6) is 0 Å². The number of amides is 1. The minimum absolute atomic E-state index is 0.174. The molecular formula is C23H31N3O+2. The summed E-state index contributed by atoms with van der Waals surface area (Å²) in [6.07, 6.45) is 5.37. The second kappa shape index (κ2) is 10.7. The van der Waals surface area contributed by atoms with E-state index in [1.807, 2.05) is 24.3 Å². The van der Waals surface area contributed by atoms with Gasteiger partial charge >= 0.3 is 0 Å². The van der Waals surface area contributed by atoms with Crippen LogP contribution >= 0.6 is 0 Å². The molecule has 4 nitrogen and oxygen atoms in total. The van der Waals surface area contributed by atoms with E-state index in [-0.39, 0.29) is 5.91 Å². The number of piperazine rings is 1. The van der Waals surface area contributed by atoms with E-state index in [4.69, 9.17) is 0 Å². The van der Waals surface area contributed by atoms with Gasteiger partial charge in [0.2, 0.25) is 0 Å². The monoisotopic (exact) mass is 365 g/mol. The second-order valence-corrected chi connectivity index (χ2v) is 7.28. The van der Waals surface area contributed by atoms with Crippen molar-refractivity contribution in [3.8, 4) is 0 Å². The van der Waals surface area contributed by atoms with Crippen LogP contribution in [0, 0.1) is 0 Å². The summed E-state index contributed by atoms with van der Waals surface area (Å²) in [5.74, 6) is 0.174. The molecule has 142 valence electrons. The normalized spacial score (nSPS) is 19.9. The molecule has 3 rings (SSSR count). The number of benzene rings is 2. The summed E-state index contributed by atoms with van der Waals surface area (Å²) in [7, 11) is 0. The fourth-order valence-electron chi connectivity index (χ4n) is 3.54. The Hall–Kier alpha value is -2.43. The zero-order valence-corrected chi connectivity index (χ0v) is 16.0. The highest BCUT2D eigenvalue weighted by Gasteiger charge is 2.23. The lowest BCUT2D eigenvalue weighted by Gasteiger charge is -2.28. The van der Waals surface area contributed by atoms with Gasteiger partial charge in [-0.2, -0.15) is 0 Å². The lowest BCUT2D eigenvalue weighted by atomic mass is 10.1. The second-order valence-electron chi connectivity index (χ2n) is 7.28. The van der Waals surface area contributed by atoms with Gasteiger partial charge in [0.15, 0.2) is 6.54 Å². The van der Waals surface area contributed by atoms with E-state index >= 15 is 0 Å². The van der Waals surface area contributed by atoms with E-state index in [0.29, 0.717) is 6.54 Å². The quantitative estimate of drug-likeness (QED) is 0.598. The molecule has 3 N–H and O–H groups in total. The number of nitrogens with one attached hydrogen (secondary N) is 3. The van der Waals surface area contributed by atoms with Gasteiger partial charge in [0.1, 0.15) is 26.2 Å². The molecule has 1 amide bonds. The Morgan fingerprint density at radius 2 is 1.52 bits per heavy atom. The van der Waals surface area contributed by atoms with Crippen LogP contribution in [0.1, 0.15) is 11.1 Å². The molecule has 2 aromatic rings. The molecule has 0 aromatic heterocycles. The van der Waals surface area contributed by atoms with Crippen LogP contribution in [-0.4, -0.2) is 51.7 Å². The van der Waals surface area contributed by atoms with Crippen LogP contribution < -0.4 is 15.1 Å². The summed E-state index contributed by atoms with van der Waals surface area (Å²) in [4.78, 5) is 15.2. The average molecular weight is 366 g/mol. The molecule has 0 spiro atoms. The smallest absolute Gasteiger partial charge is 0.275 e. The molecule has 2 aromatic carbocycles. The molecular weight excluding hydrogens is 334 g/mol. The summed E-state index contributed by atoms with van der Waals surface area (Å²) >= 11 is 0. The first-order chi connectivity index (χ1) is 13.3. The van der Waals surface area contributed by atoms with Gasteiger partial charge in [0, 0.05) is 6.54 Å². The lowest BCUT2D eigenvalue weighted by molar-refractivity contribution is -1.01. The molecule has 0 bridgehead atoms. The third kappa shape index (κ3) is 7.00. The van der Waals surface area contributed by atoms with Crippen molar-refractivity contribution < 1.29 is 14.6 Å². The highest BCUT2D eigenvalue weighted by Crippen LogP contribution is 1.99. The number of hydrogen-bond donors (Lipinski definition) is 3. The van der Waals surface area contributed by atoms with Gasteiger partial charge in [-0.15, -0.1) is 0 Å². The first-order valence-electron chi connectivity index (χ1n) is 9.99. The Kier molecular flexibility index (Phi) is 7.63. The fourth-order valence-corrected chi connectivity index (χ4v) is 3.54. The minimum atomic E-state index is 0.174. The summed E-state index contributed by atoms with van der Waals surface area (Å²) in [5, 5.41) is 3.06. The molecule has 1 fully saturated rings. The van der Waals surface area contributed by atoms with Crippen LogP contribution in [0.3, 0.4) is 0 Å². The number of quaternary nitrogens is 2. The maximum atomic E-state index is 12.2. The summed E-state index contributed by atoms with van der Waals surface area (Å²) in [5.41, 5.74) is 2.53. The topological polar surface area (TPSA) is 38.0 Å². The lowest BCUT2D eigenvalue weighted by Crippen LogP contribution is -3.28. The molecule has 1 heterocycles. The fraction of sp³-hybridized carbons (Fsp3) is 0.348. The van der Waals surface area contributed by atoms with E-state index in [9.17, 15) is 4.79 Å². The van der Waals surface area contributed by atoms with E-state index in [2.05, 4.69) is 53.9 Å². The molecule has 1 saturated heterocycles. The van der Waals surface area contributed by atoms with Gasteiger partial charge in [0.25, 0.3) is 5.91 Å². The molecule has 0 aliphatic carbocycles. The van der Waals surface area contributed by atoms with Gasteiger partial charge < -0.3 is 15.1 Å². The summed E-state index contributed by atoms with van der Waals surface area (Å²) in [6, 6.07) is 20.7. The zero-order chi connectivity index (χ0) is 18.7. The van der Waals surface area contributed by atoms with Crippen LogP contribution in [-0.2, 0) is 11.2 Å². The van der Waals surface area contributed by atoms with Gasteiger partial charge in [-0.1, -0.05) is 66.7 Å². The van der Waals surface area contributed by atoms with Gasteiger partial charge in [-0.3, -0.25) is 4.79 Å². The van der Waals surface area contributed by atoms with Crippen LogP contribution in [0.15, 0.2) is 66.7 Å². The Balaban J connectivity index is 1.29. The standard InChI is InChI=1S/C23H29N3O/c27-23(24-14-13-22-10-5-2-6-11-22)20-26-18-16-25(17-19-26)15-7-12-21-8-3-1-4-9-21/h1-12H,13-20H2,(H,24,27)/p+2/b12-7+. The Morgan fingerprint density at radius 1 is 0.889 bits per heavy atom. The van der Waals surface area contributed by atoms with Crippen LogP contribution in [0.4, 0.5) is 0 Å². The van der Waals surface area contributed by atoms with Crippen molar-refractivity contribution in [1.29, 1.82) is 0 Å². The van der Waals surface area contributed by atoms with Gasteiger partial charge in [0.05, 0.1) is 6.54 Å². The highest BCUT2D eigenvalue weighted by atomic mass is 16.2. The van der Waals surface area contributed by atoms with Crippen LogP contribution in [0.2, 0.25) is 0 Å². The van der Waals surface area contributed by atoms with Crippen molar-refractivity contribution >= 4 is 12.0 Å². The molecule has 0 atom stereocenters. The van der Waals surface area contributed by atoms with E-state index in [0.717, 1.165) is 45.7 Å². The van der Waals surface area contributed by atoms with Crippen molar-refractivity contribution in [2.24, 2.45) is 0 Å². The molecule has 27 heavy (non-hydrogen) atoms. The van der Waals surface area contributed by atoms with E-state index < -0.39 is 0 Å². The third-order valence-electron chi connectivity index (χ3n) is 5.17. The van der Waals surface area contributed by atoms with Crippen molar-refractivity contribution in [3.05, 3.63) is 77.9 Å². The van der Waals surface area contributed by atoms with Crippen LogP contribution in [0.25, 0.3) is 6.08 Å². The zero-order valence-electron chi connectivity index (χ0n) is 16.0. The van der Waals surface area contributed by atoms with Crippen molar-refractivity contribution in [1.82, 2.24) is 5.32 Å². The molecule has 4 heteroatoms. The molecule has 1 aliphatic rings. The van der Waals surface area contributed by atoms with Gasteiger partial charge in [-0.25, -0.2) is 0 Å². The number of hydrogen-bond acceptors (Lipinski definition) is 1. The average Bonchev–Trinajstić information content (AvgIpc) is 2.71. The Morgan fingerprint density at radius 3 is 2.22 bits per heavy atom. The molecule has 0 unspecified atom stereocenters. The van der Waals surface area contributed by atoms with E-state index in [1.165, 1.54) is 16.0 Å².